The van der Waals surface area contributed by atoms with E-state index in [0.717, 1.165) is 31.5 Å². The average Bonchev–Trinajstić information content (AvgIpc) is 3.36. The lowest BCUT2D eigenvalue weighted by Crippen LogP contribution is -2.57. The van der Waals surface area contributed by atoms with Gasteiger partial charge >= 0.3 is 0 Å². The molecule has 3 fully saturated rings. The Morgan fingerprint density at radius 2 is 1.50 bits per heavy atom. The Bertz CT molecular complexity index is 1120. The van der Waals surface area contributed by atoms with E-state index in [9.17, 15) is 0 Å². The van der Waals surface area contributed by atoms with Crippen LogP contribution in [0.25, 0.3) is 0 Å². The quantitative estimate of drug-likeness (QED) is 0.349. The number of hydrogen-bond donors (Lipinski definition) is 0. The Morgan fingerprint density at radius 1 is 0.895 bits per heavy atom. The van der Waals surface area contributed by atoms with E-state index < -0.39 is 0 Å². The lowest BCUT2D eigenvalue weighted by Gasteiger charge is -2.44. The van der Waals surface area contributed by atoms with Crippen LogP contribution in [0.15, 0.2) is 48.5 Å². The molecule has 1 aliphatic carbocycles. The Balaban J connectivity index is 1.59. The van der Waals surface area contributed by atoms with Crippen molar-refractivity contribution < 1.29 is 9.22 Å². The van der Waals surface area contributed by atoms with Gasteiger partial charge in [-0.1, -0.05) is 98.7 Å². The summed E-state index contributed by atoms with van der Waals surface area (Å²) in [6.07, 6.45) is 2.68. The molecule has 0 N–H and O–H groups in total. The van der Waals surface area contributed by atoms with Gasteiger partial charge in [-0.2, -0.15) is 0 Å². The van der Waals surface area contributed by atoms with Crippen LogP contribution >= 0.6 is 0 Å². The van der Waals surface area contributed by atoms with Crippen molar-refractivity contribution in [3.8, 4) is 0 Å². The molecule has 0 unspecified atom stereocenters. The van der Waals surface area contributed by atoms with Gasteiger partial charge in [0.15, 0.2) is 0 Å². The largest absolute Gasteiger partial charge is 0.364 e. The van der Waals surface area contributed by atoms with E-state index in [1.54, 1.807) is 0 Å². The fourth-order valence-corrected chi connectivity index (χ4v) is 9.14. The van der Waals surface area contributed by atoms with E-state index in [2.05, 4.69) is 118 Å². The predicted octanol–water partition coefficient (Wildman–Crippen LogP) is 8.66. The highest BCUT2D eigenvalue weighted by Gasteiger charge is 2.78. The minimum absolute atomic E-state index is 0.0754. The maximum absolute atomic E-state index is 7.21. The first kappa shape index (κ1) is 27.9. The second-order valence-corrected chi connectivity index (χ2v) is 15.9. The normalized spacial score (nSPS) is 34.8. The van der Waals surface area contributed by atoms with Crippen LogP contribution in [0.3, 0.4) is 0 Å². The minimum Gasteiger partial charge on any atom is -0.364 e. The third-order valence-corrected chi connectivity index (χ3v) is 11.2. The van der Waals surface area contributed by atoms with Gasteiger partial charge in [0, 0.05) is 23.3 Å². The molecule has 2 nitrogen and oxygen atoms in total. The summed E-state index contributed by atoms with van der Waals surface area (Å²) in [5.41, 5.74) is 6.27. The van der Waals surface area contributed by atoms with Gasteiger partial charge in [-0.3, -0.25) is 0 Å². The number of nitrogens with zero attached hydrogens (tertiary/aromatic N) is 1. The Hall–Kier alpha value is -1.64. The van der Waals surface area contributed by atoms with Gasteiger partial charge in [0.25, 0.3) is 0 Å². The van der Waals surface area contributed by atoms with Crippen molar-refractivity contribution in [3.05, 3.63) is 70.8 Å². The van der Waals surface area contributed by atoms with Crippen LogP contribution in [0, 0.1) is 23.7 Å². The molecule has 2 aromatic rings. The van der Waals surface area contributed by atoms with E-state index in [-0.39, 0.29) is 22.0 Å². The summed E-state index contributed by atoms with van der Waals surface area (Å²) >= 11 is 0. The van der Waals surface area contributed by atoms with Gasteiger partial charge in [0.2, 0.25) is 0 Å². The van der Waals surface area contributed by atoms with Crippen LogP contribution in [0.1, 0.15) is 104 Å². The highest BCUT2D eigenvalue weighted by molar-refractivity contribution is 5.37. The van der Waals surface area contributed by atoms with Gasteiger partial charge in [0.05, 0.1) is 13.2 Å². The summed E-state index contributed by atoms with van der Waals surface area (Å²) in [6, 6.07) is 18.4. The molecule has 2 saturated heterocycles. The molecule has 2 heteroatoms. The highest BCUT2D eigenvalue weighted by atomic mass is 16.5. The second kappa shape index (κ2) is 9.20. The molecule has 6 atom stereocenters. The SMILES string of the molecule is CC(C)[C@@]1(OCc2ccccc2)C[N@+]2(Cc3cc(C(C)(C)C)cc(C(C)(C)C)c3)C[C@@H](C)[C@@H]3CC[C@H]1[C@@]32C. The van der Waals surface area contributed by atoms with Crippen molar-refractivity contribution in [3.63, 3.8) is 0 Å². The summed E-state index contributed by atoms with van der Waals surface area (Å²) in [6.45, 7) is 28.6. The van der Waals surface area contributed by atoms with Crippen molar-refractivity contribution in [2.45, 2.75) is 117 Å². The molecule has 38 heavy (non-hydrogen) atoms. The van der Waals surface area contributed by atoms with E-state index in [0.29, 0.717) is 11.8 Å². The lowest BCUT2D eigenvalue weighted by atomic mass is 9.72. The maximum Gasteiger partial charge on any atom is 0.128 e. The monoisotopic (exact) mass is 516 g/mol. The average molecular weight is 517 g/mol. The van der Waals surface area contributed by atoms with Crippen molar-refractivity contribution >= 4 is 0 Å². The number of ether oxygens (including phenoxy) is 1. The molecule has 0 spiro atoms. The first-order valence-corrected chi connectivity index (χ1v) is 15.3. The van der Waals surface area contributed by atoms with Crippen molar-refractivity contribution in [2.24, 2.45) is 23.7 Å². The van der Waals surface area contributed by atoms with Crippen molar-refractivity contribution in [1.82, 2.24) is 0 Å². The van der Waals surface area contributed by atoms with Crippen LogP contribution in [-0.4, -0.2) is 28.7 Å². The Labute approximate surface area is 233 Å². The van der Waals surface area contributed by atoms with E-state index >= 15 is 0 Å². The molecular weight excluding hydrogens is 462 g/mol. The summed E-state index contributed by atoms with van der Waals surface area (Å²) in [4.78, 5) is 0. The van der Waals surface area contributed by atoms with E-state index in [4.69, 9.17) is 4.74 Å². The predicted molar refractivity (Wildman–Crippen MR) is 160 cm³/mol. The van der Waals surface area contributed by atoms with Crippen molar-refractivity contribution in [1.29, 1.82) is 0 Å². The summed E-state index contributed by atoms with van der Waals surface area (Å²) in [5, 5.41) is 0. The first-order valence-electron chi connectivity index (χ1n) is 15.3. The molecule has 2 heterocycles. The topological polar surface area (TPSA) is 9.23 Å². The Morgan fingerprint density at radius 3 is 2.05 bits per heavy atom. The lowest BCUT2D eigenvalue weighted by molar-refractivity contribution is -0.968. The highest BCUT2D eigenvalue weighted by Crippen LogP contribution is 2.67. The zero-order chi connectivity index (χ0) is 27.7. The van der Waals surface area contributed by atoms with Gasteiger partial charge in [-0.25, -0.2) is 0 Å². The molecule has 0 aromatic heterocycles. The van der Waals surface area contributed by atoms with Crippen LogP contribution in [0.2, 0.25) is 0 Å². The van der Waals surface area contributed by atoms with Gasteiger partial charge in [-0.05, 0) is 65.3 Å². The molecule has 0 radical (unpaired) electrons. The first-order chi connectivity index (χ1) is 17.6. The van der Waals surface area contributed by atoms with Gasteiger partial charge in [-0.15, -0.1) is 0 Å². The minimum atomic E-state index is -0.0754. The van der Waals surface area contributed by atoms with E-state index in [1.165, 1.54) is 46.1 Å². The molecular formula is C36H54NO+. The summed E-state index contributed by atoms with van der Waals surface area (Å²) in [7, 11) is 0. The standard InChI is InChI=1S/C36H54NO/c1-25(2)36(38-23-27-14-12-11-13-15-27)24-37(21-26(3)31-16-17-32(36)35(31,37)10)22-28-18-29(33(4,5)6)20-30(19-28)34(7,8)9/h11-15,18-20,25-26,31-32H,16-17,21-24H2,1-10H3/q+1/t26-,31+,32+,35-,36+,37-/m1/s1. The third-order valence-electron chi connectivity index (χ3n) is 11.2. The number of hydrogen-bond acceptors (Lipinski definition) is 1. The number of rotatable bonds is 6. The zero-order valence-electron chi connectivity index (χ0n) is 26.0. The van der Waals surface area contributed by atoms with Crippen LogP contribution in [0.4, 0.5) is 0 Å². The number of benzene rings is 2. The van der Waals surface area contributed by atoms with Gasteiger partial charge < -0.3 is 9.22 Å². The fourth-order valence-electron chi connectivity index (χ4n) is 9.14. The molecule has 3 aliphatic rings. The van der Waals surface area contributed by atoms with Crippen LogP contribution in [-0.2, 0) is 28.7 Å². The second-order valence-electron chi connectivity index (χ2n) is 15.9. The van der Waals surface area contributed by atoms with Gasteiger partial charge in [0.1, 0.15) is 24.2 Å². The smallest absolute Gasteiger partial charge is 0.128 e. The molecule has 208 valence electrons. The van der Waals surface area contributed by atoms with Crippen LogP contribution in [0.5, 0.6) is 0 Å². The summed E-state index contributed by atoms with van der Waals surface area (Å²) < 4.78 is 8.41. The van der Waals surface area contributed by atoms with Crippen molar-refractivity contribution in [2.75, 3.05) is 13.1 Å². The third kappa shape index (κ3) is 4.29. The van der Waals surface area contributed by atoms with Crippen LogP contribution < -0.4 is 0 Å². The number of quaternary nitrogens is 1. The molecule has 5 rings (SSSR count). The summed E-state index contributed by atoms with van der Waals surface area (Å²) in [5.74, 6) is 2.67. The molecule has 0 bridgehead atoms. The molecule has 2 aromatic carbocycles. The zero-order valence-corrected chi connectivity index (χ0v) is 26.0. The fraction of sp³-hybridized carbons (Fsp3) is 0.667. The maximum atomic E-state index is 7.21. The van der Waals surface area contributed by atoms with E-state index in [1.807, 2.05) is 0 Å². The molecule has 1 saturated carbocycles. The molecule has 0 amide bonds. The molecule has 2 aliphatic heterocycles. The Kier molecular flexibility index (Phi) is 6.76.